The number of nitrogens with one attached hydrogen (secondary N) is 1. The average molecular weight is 419 g/mol. The largest absolute Gasteiger partial charge is 0.325 e. The summed E-state index contributed by atoms with van der Waals surface area (Å²) in [5.41, 5.74) is 2.57. The van der Waals surface area contributed by atoms with Gasteiger partial charge in [-0.25, -0.2) is 9.37 Å². The standard InChI is InChI=1S/C23H18FN3O2S/c1-15-6-10-17(11-7-15)25-21(28)14-30-23-26-20-5-3-2-4-19(20)22(29)27(23)18-12-8-16(24)9-13-18/h2-13H,14H2,1H3,(H,25,28). The first-order valence-electron chi connectivity index (χ1n) is 9.28. The zero-order valence-electron chi connectivity index (χ0n) is 16.1. The molecule has 0 aliphatic carbocycles. The molecule has 7 heteroatoms. The van der Waals surface area contributed by atoms with E-state index in [1.165, 1.54) is 28.8 Å². The minimum Gasteiger partial charge on any atom is -0.325 e. The molecular formula is C23H18FN3O2S. The number of rotatable bonds is 5. The first kappa shape index (κ1) is 19.8. The van der Waals surface area contributed by atoms with Crippen molar-refractivity contribution in [2.45, 2.75) is 12.1 Å². The van der Waals surface area contributed by atoms with Crippen molar-refractivity contribution in [1.82, 2.24) is 9.55 Å². The molecule has 3 aromatic carbocycles. The highest BCUT2D eigenvalue weighted by molar-refractivity contribution is 7.99. The number of thioether (sulfide) groups is 1. The number of hydrogen-bond acceptors (Lipinski definition) is 4. The second-order valence-electron chi connectivity index (χ2n) is 6.73. The number of nitrogens with zero attached hydrogens (tertiary/aromatic N) is 2. The van der Waals surface area contributed by atoms with E-state index in [-0.39, 0.29) is 17.2 Å². The van der Waals surface area contributed by atoms with Crippen LogP contribution in [0.3, 0.4) is 0 Å². The van der Waals surface area contributed by atoms with Crippen molar-refractivity contribution in [2.24, 2.45) is 0 Å². The molecule has 0 aliphatic heterocycles. The maximum atomic E-state index is 13.4. The minimum atomic E-state index is -0.396. The van der Waals surface area contributed by atoms with Crippen molar-refractivity contribution in [3.05, 3.63) is 94.5 Å². The maximum Gasteiger partial charge on any atom is 0.266 e. The Kier molecular flexibility index (Phi) is 5.63. The fourth-order valence-corrected chi connectivity index (χ4v) is 3.80. The van der Waals surface area contributed by atoms with Crippen molar-refractivity contribution in [3.8, 4) is 5.69 Å². The number of benzene rings is 3. The third-order valence-corrected chi connectivity index (χ3v) is 5.44. The predicted molar refractivity (Wildman–Crippen MR) is 118 cm³/mol. The Labute approximate surface area is 176 Å². The normalized spacial score (nSPS) is 10.9. The van der Waals surface area contributed by atoms with Crippen LogP contribution < -0.4 is 10.9 Å². The summed E-state index contributed by atoms with van der Waals surface area (Å²) in [7, 11) is 0. The molecule has 4 aromatic rings. The summed E-state index contributed by atoms with van der Waals surface area (Å²) < 4.78 is 14.8. The molecule has 0 fully saturated rings. The van der Waals surface area contributed by atoms with Crippen molar-refractivity contribution in [1.29, 1.82) is 0 Å². The van der Waals surface area contributed by atoms with Gasteiger partial charge < -0.3 is 5.32 Å². The monoisotopic (exact) mass is 419 g/mol. The second-order valence-corrected chi connectivity index (χ2v) is 7.67. The molecule has 1 amide bonds. The summed E-state index contributed by atoms with van der Waals surface area (Å²) in [6.07, 6.45) is 0. The minimum absolute atomic E-state index is 0.0693. The van der Waals surface area contributed by atoms with Gasteiger partial charge in [0.2, 0.25) is 5.91 Å². The molecule has 0 aliphatic rings. The van der Waals surface area contributed by atoms with Gasteiger partial charge in [0.05, 0.1) is 22.3 Å². The van der Waals surface area contributed by atoms with Crippen LogP contribution in [-0.4, -0.2) is 21.2 Å². The molecule has 5 nitrogen and oxygen atoms in total. The van der Waals surface area contributed by atoms with E-state index in [2.05, 4.69) is 10.3 Å². The molecule has 0 bridgehead atoms. The molecule has 0 saturated carbocycles. The molecular weight excluding hydrogens is 401 g/mol. The van der Waals surface area contributed by atoms with Gasteiger partial charge in [0.25, 0.3) is 5.56 Å². The van der Waals surface area contributed by atoms with Crippen LogP contribution in [0.2, 0.25) is 0 Å². The lowest BCUT2D eigenvalue weighted by molar-refractivity contribution is -0.113. The van der Waals surface area contributed by atoms with Crippen LogP contribution >= 0.6 is 11.8 Å². The van der Waals surface area contributed by atoms with E-state index >= 15 is 0 Å². The maximum absolute atomic E-state index is 13.4. The summed E-state index contributed by atoms with van der Waals surface area (Å²) in [4.78, 5) is 30.1. The first-order valence-corrected chi connectivity index (χ1v) is 10.3. The lowest BCUT2D eigenvalue weighted by Crippen LogP contribution is -2.23. The Hall–Kier alpha value is -3.45. The van der Waals surface area contributed by atoms with Crippen molar-refractivity contribution in [2.75, 3.05) is 11.1 Å². The molecule has 0 unspecified atom stereocenters. The highest BCUT2D eigenvalue weighted by Gasteiger charge is 2.15. The van der Waals surface area contributed by atoms with E-state index in [0.717, 1.165) is 17.3 Å². The van der Waals surface area contributed by atoms with Gasteiger partial charge in [0, 0.05) is 5.69 Å². The molecule has 0 radical (unpaired) electrons. The zero-order valence-corrected chi connectivity index (χ0v) is 16.9. The van der Waals surface area contributed by atoms with Gasteiger partial charge in [0.15, 0.2) is 5.16 Å². The number of amides is 1. The molecule has 4 rings (SSSR count). The van der Waals surface area contributed by atoms with Crippen LogP contribution in [0.4, 0.5) is 10.1 Å². The van der Waals surface area contributed by atoms with Gasteiger partial charge in [0.1, 0.15) is 5.82 Å². The topological polar surface area (TPSA) is 64.0 Å². The van der Waals surface area contributed by atoms with Crippen molar-refractivity contribution < 1.29 is 9.18 Å². The number of aryl methyl sites for hydroxylation is 1. The number of halogens is 1. The Balaban J connectivity index is 1.66. The number of carbonyl (C=O) groups excluding carboxylic acids is 1. The van der Waals surface area contributed by atoms with Crippen molar-refractivity contribution in [3.63, 3.8) is 0 Å². The zero-order chi connectivity index (χ0) is 21.1. The third kappa shape index (κ3) is 4.26. The lowest BCUT2D eigenvalue weighted by atomic mass is 10.2. The van der Waals surface area contributed by atoms with E-state index in [1.807, 2.05) is 31.2 Å². The SMILES string of the molecule is Cc1ccc(NC(=O)CSc2nc3ccccc3c(=O)n2-c2ccc(F)cc2)cc1. The number of hydrogen-bond donors (Lipinski definition) is 1. The van der Waals surface area contributed by atoms with Crippen LogP contribution in [-0.2, 0) is 4.79 Å². The summed E-state index contributed by atoms with van der Waals surface area (Å²) in [5, 5.41) is 3.65. The number of aromatic nitrogens is 2. The first-order chi connectivity index (χ1) is 14.5. The number of carbonyl (C=O) groups is 1. The summed E-state index contributed by atoms with van der Waals surface area (Å²) in [5.74, 6) is -0.538. The van der Waals surface area contributed by atoms with E-state index in [9.17, 15) is 14.0 Å². The molecule has 150 valence electrons. The summed E-state index contributed by atoms with van der Waals surface area (Å²) in [6, 6.07) is 20.1. The fraction of sp³-hybridized carbons (Fsp3) is 0.0870. The van der Waals surface area contributed by atoms with Gasteiger partial charge in [-0.05, 0) is 55.5 Å². The van der Waals surface area contributed by atoms with E-state index in [4.69, 9.17) is 0 Å². The van der Waals surface area contributed by atoms with Gasteiger partial charge in [-0.1, -0.05) is 41.6 Å². The average Bonchev–Trinajstić information content (AvgIpc) is 2.75. The van der Waals surface area contributed by atoms with E-state index in [0.29, 0.717) is 27.4 Å². The molecule has 0 saturated heterocycles. The van der Waals surface area contributed by atoms with Crippen molar-refractivity contribution >= 4 is 34.3 Å². The van der Waals surface area contributed by atoms with Crippen LogP contribution in [0, 0.1) is 12.7 Å². The Morgan fingerprint density at radius 3 is 2.47 bits per heavy atom. The van der Waals surface area contributed by atoms with Gasteiger partial charge in [-0.3, -0.25) is 14.2 Å². The number of anilines is 1. The van der Waals surface area contributed by atoms with Gasteiger partial charge in [-0.2, -0.15) is 0 Å². The number of fused-ring (bicyclic) bond motifs is 1. The Morgan fingerprint density at radius 2 is 1.73 bits per heavy atom. The van der Waals surface area contributed by atoms with Crippen LogP contribution in [0.1, 0.15) is 5.56 Å². The molecule has 1 aromatic heterocycles. The third-order valence-electron chi connectivity index (χ3n) is 4.50. The summed E-state index contributed by atoms with van der Waals surface area (Å²) in [6.45, 7) is 1.97. The lowest BCUT2D eigenvalue weighted by Gasteiger charge is -2.13. The van der Waals surface area contributed by atoms with Gasteiger partial charge in [-0.15, -0.1) is 0 Å². The Bertz CT molecular complexity index is 1270. The van der Waals surface area contributed by atoms with E-state index in [1.54, 1.807) is 24.3 Å². The molecule has 1 N–H and O–H groups in total. The highest BCUT2D eigenvalue weighted by Crippen LogP contribution is 2.22. The number of para-hydroxylation sites is 1. The fourth-order valence-electron chi connectivity index (χ4n) is 2.99. The Morgan fingerprint density at radius 1 is 1.03 bits per heavy atom. The van der Waals surface area contributed by atoms with Gasteiger partial charge >= 0.3 is 0 Å². The molecule has 30 heavy (non-hydrogen) atoms. The predicted octanol–water partition coefficient (Wildman–Crippen LogP) is 4.56. The van der Waals surface area contributed by atoms with Crippen LogP contribution in [0.5, 0.6) is 0 Å². The van der Waals surface area contributed by atoms with Crippen LogP contribution in [0.25, 0.3) is 16.6 Å². The van der Waals surface area contributed by atoms with E-state index < -0.39 is 5.82 Å². The van der Waals surface area contributed by atoms with Crippen LogP contribution in [0.15, 0.2) is 82.7 Å². The molecule has 0 spiro atoms. The highest BCUT2D eigenvalue weighted by atomic mass is 32.2. The molecule has 1 heterocycles. The smallest absolute Gasteiger partial charge is 0.266 e. The summed E-state index contributed by atoms with van der Waals surface area (Å²) >= 11 is 1.15. The second kappa shape index (κ2) is 8.51. The quantitative estimate of drug-likeness (QED) is 0.380. The molecule has 0 atom stereocenters.